The van der Waals surface area contributed by atoms with E-state index in [1.54, 1.807) is 14.2 Å². The summed E-state index contributed by atoms with van der Waals surface area (Å²) in [6.45, 7) is 3.91. The molecule has 1 atom stereocenters. The molecule has 0 heterocycles. The van der Waals surface area contributed by atoms with Crippen molar-refractivity contribution in [3.8, 4) is 11.5 Å². The fraction of sp³-hybridized carbons (Fsp3) is 0.455. The Bertz CT molecular complexity index is 301. The summed E-state index contributed by atoms with van der Waals surface area (Å²) in [6, 6.07) is 3.82. The highest BCUT2D eigenvalue weighted by Crippen LogP contribution is 2.34. The predicted molar refractivity (Wildman–Crippen MR) is 64.1 cm³/mol. The van der Waals surface area contributed by atoms with Crippen LogP contribution in [0.1, 0.15) is 24.1 Å². The minimum atomic E-state index is -0.0968. The maximum absolute atomic E-state index is 5.86. The van der Waals surface area contributed by atoms with E-state index in [1.807, 2.05) is 26.0 Å². The zero-order valence-electron chi connectivity index (χ0n) is 9.53. The summed E-state index contributed by atoms with van der Waals surface area (Å²) in [6.07, 6.45) is 0. The number of nitrogens with two attached hydrogens (primary N) is 1. The van der Waals surface area contributed by atoms with Gasteiger partial charge in [0.1, 0.15) is 11.5 Å². The van der Waals surface area contributed by atoms with Crippen molar-refractivity contribution in [2.24, 2.45) is 5.73 Å². The first-order valence-electron chi connectivity index (χ1n) is 4.58. The van der Waals surface area contributed by atoms with E-state index in [4.69, 9.17) is 15.2 Å². The third kappa shape index (κ3) is 3.01. The van der Waals surface area contributed by atoms with Gasteiger partial charge in [0.25, 0.3) is 0 Å². The maximum atomic E-state index is 5.86. The standard InChI is InChI=1S/C11H17NO2.ClH/c1-7-5-9(13-3)11(8(2)12)10(6-7)14-4;/h5-6,8H,12H2,1-4H3;1H/t8-;/m1./s1. The van der Waals surface area contributed by atoms with E-state index in [9.17, 15) is 0 Å². The SMILES string of the molecule is COc1cc(C)cc(OC)c1[C@@H](C)N.Cl. The lowest BCUT2D eigenvalue weighted by molar-refractivity contribution is 0.380. The van der Waals surface area contributed by atoms with Crippen molar-refractivity contribution in [3.63, 3.8) is 0 Å². The molecule has 15 heavy (non-hydrogen) atoms. The molecule has 0 unspecified atom stereocenters. The number of ether oxygens (including phenoxy) is 2. The molecule has 0 saturated heterocycles. The highest BCUT2D eigenvalue weighted by atomic mass is 35.5. The van der Waals surface area contributed by atoms with Crippen molar-refractivity contribution in [2.75, 3.05) is 14.2 Å². The van der Waals surface area contributed by atoms with Gasteiger partial charge in [-0.15, -0.1) is 12.4 Å². The Kier molecular flexibility index (Phi) is 5.47. The Labute approximate surface area is 97.0 Å². The molecular weight excluding hydrogens is 214 g/mol. The zero-order valence-corrected chi connectivity index (χ0v) is 10.4. The summed E-state index contributed by atoms with van der Waals surface area (Å²) in [4.78, 5) is 0. The summed E-state index contributed by atoms with van der Waals surface area (Å²) in [5, 5.41) is 0. The van der Waals surface area contributed by atoms with Crippen LogP contribution < -0.4 is 15.2 Å². The first-order valence-corrected chi connectivity index (χ1v) is 4.58. The first kappa shape index (κ1) is 14.1. The van der Waals surface area contributed by atoms with E-state index in [1.165, 1.54) is 0 Å². The van der Waals surface area contributed by atoms with E-state index in [0.29, 0.717) is 0 Å². The molecule has 0 aliphatic heterocycles. The van der Waals surface area contributed by atoms with Crippen molar-refractivity contribution in [3.05, 3.63) is 23.3 Å². The average molecular weight is 232 g/mol. The summed E-state index contributed by atoms with van der Waals surface area (Å²) in [5.41, 5.74) is 7.87. The molecule has 0 aromatic heterocycles. The first-order chi connectivity index (χ1) is 6.60. The fourth-order valence-electron chi connectivity index (χ4n) is 1.52. The average Bonchev–Trinajstić information content (AvgIpc) is 2.15. The Balaban J connectivity index is 0.00000196. The molecule has 4 heteroatoms. The van der Waals surface area contributed by atoms with Gasteiger partial charge in [0.15, 0.2) is 0 Å². The molecular formula is C11H18ClNO2. The van der Waals surface area contributed by atoms with E-state index in [-0.39, 0.29) is 18.4 Å². The lowest BCUT2D eigenvalue weighted by Crippen LogP contribution is -2.09. The van der Waals surface area contributed by atoms with Crippen LogP contribution in [0.15, 0.2) is 12.1 Å². The number of aryl methyl sites for hydroxylation is 1. The summed E-state index contributed by atoms with van der Waals surface area (Å²) < 4.78 is 10.5. The van der Waals surface area contributed by atoms with Crippen LogP contribution in [0.4, 0.5) is 0 Å². The molecule has 0 aliphatic carbocycles. The van der Waals surface area contributed by atoms with Gasteiger partial charge in [0.2, 0.25) is 0 Å². The maximum Gasteiger partial charge on any atom is 0.127 e. The van der Waals surface area contributed by atoms with Gasteiger partial charge < -0.3 is 15.2 Å². The van der Waals surface area contributed by atoms with Crippen molar-refractivity contribution in [2.45, 2.75) is 19.9 Å². The third-order valence-electron chi connectivity index (χ3n) is 2.14. The Morgan fingerprint density at radius 2 is 1.53 bits per heavy atom. The van der Waals surface area contributed by atoms with Crippen molar-refractivity contribution in [1.82, 2.24) is 0 Å². The van der Waals surface area contributed by atoms with Gasteiger partial charge in [-0.2, -0.15) is 0 Å². The molecule has 1 aromatic carbocycles. The van der Waals surface area contributed by atoms with Crippen LogP contribution in [0.2, 0.25) is 0 Å². The lowest BCUT2D eigenvalue weighted by atomic mass is 10.0. The van der Waals surface area contributed by atoms with E-state index < -0.39 is 0 Å². The molecule has 0 radical (unpaired) electrons. The number of hydrogen-bond donors (Lipinski definition) is 1. The third-order valence-corrected chi connectivity index (χ3v) is 2.14. The largest absolute Gasteiger partial charge is 0.496 e. The monoisotopic (exact) mass is 231 g/mol. The van der Waals surface area contributed by atoms with Gasteiger partial charge in [-0.05, 0) is 31.5 Å². The molecule has 0 bridgehead atoms. The van der Waals surface area contributed by atoms with E-state index >= 15 is 0 Å². The number of halogens is 1. The number of hydrogen-bond acceptors (Lipinski definition) is 3. The molecule has 0 saturated carbocycles. The van der Waals surface area contributed by atoms with Gasteiger partial charge in [0, 0.05) is 6.04 Å². The molecule has 1 aromatic rings. The number of methoxy groups -OCH3 is 2. The molecule has 0 aliphatic rings. The van der Waals surface area contributed by atoms with Crippen LogP contribution in [0, 0.1) is 6.92 Å². The Hall–Kier alpha value is -0.930. The smallest absolute Gasteiger partial charge is 0.127 e. The van der Waals surface area contributed by atoms with Crippen LogP contribution in [0.5, 0.6) is 11.5 Å². The molecule has 2 N–H and O–H groups in total. The second-order valence-corrected chi connectivity index (χ2v) is 3.37. The van der Waals surface area contributed by atoms with Crippen LogP contribution >= 0.6 is 12.4 Å². The molecule has 0 amide bonds. The van der Waals surface area contributed by atoms with Crippen LogP contribution in [0.25, 0.3) is 0 Å². The molecule has 0 fully saturated rings. The minimum absolute atomic E-state index is 0. The summed E-state index contributed by atoms with van der Waals surface area (Å²) in [5.74, 6) is 1.58. The normalized spacial score (nSPS) is 11.5. The summed E-state index contributed by atoms with van der Waals surface area (Å²) >= 11 is 0. The highest BCUT2D eigenvalue weighted by Gasteiger charge is 2.14. The fourth-order valence-corrected chi connectivity index (χ4v) is 1.52. The van der Waals surface area contributed by atoms with Gasteiger partial charge >= 0.3 is 0 Å². The van der Waals surface area contributed by atoms with Crippen molar-refractivity contribution >= 4 is 12.4 Å². The second-order valence-electron chi connectivity index (χ2n) is 3.37. The van der Waals surface area contributed by atoms with Gasteiger partial charge in [-0.25, -0.2) is 0 Å². The van der Waals surface area contributed by atoms with Crippen LogP contribution in [-0.4, -0.2) is 14.2 Å². The van der Waals surface area contributed by atoms with Crippen molar-refractivity contribution < 1.29 is 9.47 Å². The van der Waals surface area contributed by atoms with E-state index in [0.717, 1.165) is 22.6 Å². The van der Waals surface area contributed by atoms with Gasteiger partial charge in [0.05, 0.1) is 19.8 Å². The second kappa shape index (κ2) is 5.83. The molecule has 0 spiro atoms. The Morgan fingerprint density at radius 1 is 1.13 bits per heavy atom. The minimum Gasteiger partial charge on any atom is -0.496 e. The lowest BCUT2D eigenvalue weighted by Gasteiger charge is -2.16. The zero-order chi connectivity index (χ0) is 10.7. The molecule has 3 nitrogen and oxygen atoms in total. The van der Waals surface area contributed by atoms with Gasteiger partial charge in [-0.1, -0.05) is 0 Å². The molecule has 86 valence electrons. The number of rotatable bonds is 3. The van der Waals surface area contributed by atoms with Gasteiger partial charge in [-0.3, -0.25) is 0 Å². The van der Waals surface area contributed by atoms with Crippen LogP contribution in [-0.2, 0) is 0 Å². The van der Waals surface area contributed by atoms with Crippen LogP contribution in [0.3, 0.4) is 0 Å². The number of benzene rings is 1. The molecule has 1 rings (SSSR count). The quantitative estimate of drug-likeness (QED) is 0.869. The highest BCUT2D eigenvalue weighted by molar-refractivity contribution is 5.85. The van der Waals surface area contributed by atoms with E-state index in [2.05, 4.69) is 0 Å². The summed E-state index contributed by atoms with van der Waals surface area (Å²) in [7, 11) is 3.28. The predicted octanol–water partition coefficient (Wildman–Crippen LogP) is 2.45. The van der Waals surface area contributed by atoms with Crippen molar-refractivity contribution in [1.29, 1.82) is 0 Å². The topological polar surface area (TPSA) is 44.5 Å². The Morgan fingerprint density at radius 3 is 1.80 bits per heavy atom.